The van der Waals surface area contributed by atoms with Crippen molar-refractivity contribution >= 4 is 9.84 Å². The first-order valence-electron chi connectivity index (χ1n) is 5.49. The Bertz CT molecular complexity index is 480. The molecule has 0 bridgehead atoms. The standard InChI is InChI=1S/C12H14O3S/c13-16(14,10-4-2-1-3-5-10)11-6-12(7-11)8-15-9-12/h1-5,11H,6-9H2. The largest absolute Gasteiger partial charge is 0.380 e. The van der Waals surface area contributed by atoms with Gasteiger partial charge in [0.2, 0.25) is 0 Å². The molecule has 1 saturated heterocycles. The Kier molecular flexibility index (Phi) is 2.13. The Hall–Kier alpha value is -0.870. The van der Waals surface area contributed by atoms with E-state index in [4.69, 9.17) is 4.74 Å². The van der Waals surface area contributed by atoms with E-state index in [1.54, 1.807) is 24.3 Å². The minimum atomic E-state index is -3.11. The van der Waals surface area contributed by atoms with Crippen LogP contribution >= 0.6 is 0 Å². The predicted octanol–water partition coefficient (Wildman–Crippen LogP) is 1.64. The molecule has 2 aliphatic rings. The molecule has 0 amide bonds. The van der Waals surface area contributed by atoms with Crippen molar-refractivity contribution in [3.8, 4) is 0 Å². The molecular weight excluding hydrogens is 224 g/mol. The molecule has 1 spiro atoms. The van der Waals surface area contributed by atoms with Crippen LogP contribution in [0.15, 0.2) is 35.2 Å². The average molecular weight is 238 g/mol. The van der Waals surface area contributed by atoms with Gasteiger partial charge in [0, 0.05) is 5.41 Å². The molecule has 1 aromatic rings. The molecule has 4 heteroatoms. The van der Waals surface area contributed by atoms with E-state index in [1.165, 1.54) is 0 Å². The highest BCUT2D eigenvalue weighted by atomic mass is 32.2. The third-order valence-electron chi connectivity index (χ3n) is 3.65. The number of ether oxygens (including phenoxy) is 1. The van der Waals surface area contributed by atoms with Gasteiger partial charge in [-0.2, -0.15) is 0 Å². The lowest BCUT2D eigenvalue weighted by Gasteiger charge is -2.52. The Morgan fingerprint density at radius 1 is 1.12 bits per heavy atom. The van der Waals surface area contributed by atoms with Crippen molar-refractivity contribution in [3.63, 3.8) is 0 Å². The first-order chi connectivity index (χ1) is 7.62. The number of benzene rings is 1. The number of sulfone groups is 1. The predicted molar refractivity (Wildman–Crippen MR) is 59.9 cm³/mol. The van der Waals surface area contributed by atoms with Gasteiger partial charge in [-0.15, -0.1) is 0 Å². The molecule has 0 radical (unpaired) electrons. The third kappa shape index (κ3) is 1.40. The molecule has 0 unspecified atom stereocenters. The summed E-state index contributed by atoms with van der Waals surface area (Å²) in [5.74, 6) is 0. The van der Waals surface area contributed by atoms with E-state index in [1.807, 2.05) is 6.07 Å². The third-order valence-corrected chi connectivity index (χ3v) is 5.79. The van der Waals surface area contributed by atoms with Crippen LogP contribution in [0.3, 0.4) is 0 Å². The lowest BCUT2D eigenvalue weighted by atomic mass is 9.67. The molecule has 0 aromatic heterocycles. The Morgan fingerprint density at radius 3 is 2.25 bits per heavy atom. The average Bonchev–Trinajstić information content (AvgIpc) is 2.14. The van der Waals surface area contributed by atoms with Crippen LogP contribution in [-0.2, 0) is 14.6 Å². The van der Waals surface area contributed by atoms with Gasteiger partial charge in [-0.3, -0.25) is 0 Å². The highest BCUT2D eigenvalue weighted by molar-refractivity contribution is 7.92. The van der Waals surface area contributed by atoms with E-state index in [0.717, 1.165) is 26.1 Å². The molecule has 2 fully saturated rings. The van der Waals surface area contributed by atoms with E-state index < -0.39 is 9.84 Å². The van der Waals surface area contributed by atoms with Gasteiger partial charge in [-0.25, -0.2) is 8.42 Å². The second-order valence-corrected chi connectivity index (χ2v) is 7.11. The fourth-order valence-electron chi connectivity index (χ4n) is 2.55. The monoisotopic (exact) mass is 238 g/mol. The van der Waals surface area contributed by atoms with Crippen molar-refractivity contribution in [2.45, 2.75) is 23.0 Å². The fourth-order valence-corrected chi connectivity index (χ4v) is 4.62. The summed E-state index contributed by atoms with van der Waals surface area (Å²) < 4.78 is 29.6. The maximum atomic E-state index is 12.2. The van der Waals surface area contributed by atoms with Gasteiger partial charge in [0.05, 0.1) is 23.4 Å². The van der Waals surface area contributed by atoms with Crippen molar-refractivity contribution in [3.05, 3.63) is 30.3 Å². The van der Waals surface area contributed by atoms with Crippen LogP contribution in [0, 0.1) is 5.41 Å². The van der Waals surface area contributed by atoms with E-state index in [9.17, 15) is 8.42 Å². The van der Waals surface area contributed by atoms with Gasteiger partial charge >= 0.3 is 0 Å². The quantitative estimate of drug-likeness (QED) is 0.786. The topological polar surface area (TPSA) is 43.4 Å². The molecule has 1 heterocycles. The summed E-state index contributed by atoms with van der Waals surface area (Å²) in [6.07, 6.45) is 1.54. The smallest absolute Gasteiger partial charge is 0.181 e. The second-order valence-electron chi connectivity index (χ2n) is 4.88. The molecule has 1 saturated carbocycles. The first-order valence-corrected chi connectivity index (χ1v) is 7.04. The van der Waals surface area contributed by atoms with Crippen LogP contribution in [0.2, 0.25) is 0 Å². The zero-order chi connectivity index (χ0) is 11.2. The summed E-state index contributed by atoms with van der Waals surface area (Å²) in [6, 6.07) is 8.73. The number of rotatable bonds is 2. The molecule has 1 aliphatic carbocycles. The zero-order valence-electron chi connectivity index (χ0n) is 8.93. The van der Waals surface area contributed by atoms with Crippen LogP contribution in [0.25, 0.3) is 0 Å². The summed E-state index contributed by atoms with van der Waals surface area (Å²) >= 11 is 0. The first kappa shape index (κ1) is 10.3. The number of hydrogen-bond acceptors (Lipinski definition) is 3. The number of hydrogen-bond donors (Lipinski definition) is 0. The molecule has 86 valence electrons. The maximum absolute atomic E-state index is 12.2. The van der Waals surface area contributed by atoms with Crippen molar-refractivity contribution in [2.24, 2.45) is 5.41 Å². The fraction of sp³-hybridized carbons (Fsp3) is 0.500. The highest BCUT2D eigenvalue weighted by Gasteiger charge is 2.54. The van der Waals surface area contributed by atoms with Crippen LogP contribution in [0.5, 0.6) is 0 Å². The van der Waals surface area contributed by atoms with E-state index in [2.05, 4.69) is 0 Å². The van der Waals surface area contributed by atoms with Crippen LogP contribution in [0.1, 0.15) is 12.8 Å². The molecule has 1 aromatic carbocycles. The summed E-state index contributed by atoms with van der Waals surface area (Å²) in [6.45, 7) is 1.49. The molecular formula is C12H14O3S. The molecule has 3 rings (SSSR count). The second kappa shape index (κ2) is 3.31. The maximum Gasteiger partial charge on any atom is 0.181 e. The molecule has 3 nitrogen and oxygen atoms in total. The van der Waals surface area contributed by atoms with Gasteiger partial charge in [0.1, 0.15) is 0 Å². The summed E-state index contributed by atoms with van der Waals surface area (Å²) in [5.41, 5.74) is 0.201. The van der Waals surface area contributed by atoms with Crippen LogP contribution in [0.4, 0.5) is 0 Å². The summed E-state index contributed by atoms with van der Waals surface area (Å²) in [7, 11) is -3.11. The SMILES string of the molecule is O=S(=O)(c1ccccc1)C1CC2(COC2)C1. The van der Waals surface area contributed by atoms with Crippen LogP contribution < -0.4 is 0 Å². The Balaban J connectivity index is 1.80. The minimum absolute atomic E-state index is 0.196. The van der Waals surface area contributed by atoms with Gasteiger partial charge in [0.25, 0.3) is 0 Å². The Labute approximate surface area is 95.3 Å². The molecule has 0 N–H and O–H groups in total. The highest BCUT2D eigenvalue weighted by Crippen LogP contribution is 2.50. The van der Waals surface area contributed by atoms with E-state index in [-0.39, 0.29) is 10.7 Å². The lowest BCUT2D eigenvalue weighted by molar-refractivity contribution is -0.153. The summed E-state index contributed by atoms with van der Waals surface area (Å²) in [5, 5.41) is -0.196. The molecule has 1 aliphatic heterocycles. The molecule has 0 atom stereocenters. The van der Waals surface area contributed by atoms with Crippen molar-refractivity contribution in [1.82, 2.24) is 0 Å². The van der Waals surface area contributed by atoms with Crippen LogP contribution in [-0.4, -0.2) is 26.9 Å². The Morgan fingerprint density at radius 2 is 1.75 bits per heavy atom. The van der Waals surface area contributed by atoms with Gasteiger partial charge in [0.15, 0.2) is 9.84 Å². The normalized spacial score (nSPS) is 23.8. The molecule has 16 heavy (non-hydrogen) atoms. The zero-order valence-corrected chi connectivity index (χ0v) is 9.74. The van der Waals surface area contributed by atoms with E-state index >= 15 is 0 Å². The summed E-state index contributed by atoms with van der Waals surface area (Å²) in [4.78, 5) is 0.454. The van der Waals surface area contributed by atoms with Crippen molar-refractivity contribution in [1.29, 1.82) is 0 Å². The van der Waals surface area contributed by atoms with E-state index in [0.29, 0.717) is 4.90 Å². The van der Waals surface area contributed by atoms with Crippen molar-refractivity contribution in [2.75, 3.05) is 13.2 Å². The van der Waals surface area contributed by atoms with Gasteiger partial charge < -0.3 is 4.74 Å². The van der Waals surface area contributed by atoms with Crippen molar-refractivity contribution < 1.29 is 13.2 Å². The lowest BCUT2D eigenvalue weighted by Crippen LogP contribution is -2.56. The minimum Gasteiger partial charge on any atom is -0.380 e. The van der Waals surface area contributed by atoms with Gasteiger partial charge in [-0.05, 0) is 25.0 Å². The van der Waals surface area contributed by atoms with Gasteiger partial charge in [-0.1, -0.05) is 18.2 Å².